The molecule has 0 aliphatic heterocycles. The molecule has 0 aliphatic carbocycles. The Hall–Kier alpha value is -3.86. The standard InChI is InChI=1S/C23H16FN3O/c24-20-11-8-17(9-12-20)22(28)13-10-19-16-27(21-6-2-1-3-7-21)26-23(19)18-5-4-14-25-15-18/h1-16H. The van der Waals surface area contributed by atoms with Gasteiger partial charge in [0.2, 0.25) is 0 Å². The van der Waals surface area contributed by atoms with Gasteiger partial charge in [0.05, 0.1) is 5.69 Å². The molecule has 0 saturated carbocycles. The maximum Gasteiger partial charge on any atom is 0.185 e. The third-order valence-corrected chi connectivity index (χ3v) is 4.24. The van der Waals surface area contributed by atoms with Crippen LogP contribution in [-0.2, 0) is 0 Å². The number of rotatable bonds is 5. The van der Waals surface area contributed by atoms with Crippen molar-refractivity contribution in [3.63, 3.8) is 0 Å². The zero-order valence-electron chi connectivity index (χ0n) is 14.9. The Labute approximate surface area is 161 Å². The van der Waals surface area contributed by atoms with Crippen LogP contribution in [-0.4, -0.2) is 20.5 Å². The van der Waals surface area contributed by atoms with Crippen molar-refractivity contribution in [1.82, 2.24) is 14.8 Å². The van der Waals surface area contributed by atoms with Crippen molar-refractivity contribution in [3.8, 4) is 16.9 Å². The van der Waals surface area contributed by atoms with E-state index in [9.17, 15) is 9.18 Å². The minimum Gasteiger partial charge on any atom is -0.289 e. The summed E-state index contributed by atoms with van der Waals surface area (Å²) in [5.74, 6) is -0.576. The molecule has 5 heteroatoms. The summed E-state index contributed by atoms with van der Waals surface area (Å²) >= 11 is 0. The van der Waals surface area contributed by atoms with Crippen molar-refractivity contribution in [2.24, 2.45) is 0 Å². The molecule has 2 aromatic carbocycles. The van der Waals surface area contributed by atoms with Crippen LogP contribution in [0.5, 0.6) is 0 Å². The lowest BCUT2D eigenvalue weighted by Gasteiger charge is -2.00. The smallest absolute Gasteiger partial charge is 0.185 e. The molecule has 0 unspecified atom stereocenters. The molecule has 0 atom stereocenters. The Balaban J connectivity index is 1.71. The van der Waals surface area contributed by atoms with Crippen LogP contribution in [0.15, 0.2) is 91.4 Å². The van der Waals surface area contributed by atoms with Crippen LogP contribution in [0.4, 0.5) is 4.39 Å². The fourth-order valence-corrected chi connectivity index (χ4v) is 2.83. The molecule has 4 nitrogen and oxygen atoms in total. The molecule has 2 aromatic heterocycles. The van der Waals surface area contributed by atoms with Gasteiger partial charge in [-0.25, -0.2) is 9.07 Å². The second-order valence-corrected chi connectivity index (χ2v) is 6.16. The maximum atomic E-state index is 13.1. The van der Waals surface area contributed by atoms with E-state index in [4.69, 9.17) is 0 Å². The van der Waals surface area contributed by atoms with Crippen molar-refractivity contribution in [3.05, 3.63) is 108 Å². The van der Waals surface area contributed by atoms with Gasteiger partial charge in [-0.3, -0.25) is 9.78 Å². The van der Waals surface area contributed by atoms with Gasteiger partial charge in [0, 0.05) is 35.3 Å². The van der Waals surface area contributed by atoms with E-state index in [2.05, 4.69) is 10.1 Å². The fraction of sp³-hybridized carbons (Fsp3) is 0. The van der Waals surface area contributed by atoms with E-state index < -0.39 is 0 Å². The second-order valence-electron chi connectivity index (χ2n) is 6.16. The maximum absolute atomic E-state index is 13.1. The zero-order chi connectivity index (χ0) is 19.3. The molecule has 0 saturated heterocycles. The largest absolute Gasteiger partial charge is 0.289 e. The minimum absolute atomic E-state index is 0.204. The third-order valence-electron chi connectivity index (χ3n) is 4.24. The first-order chi connectivity index (χ1) is 13.7. The highest BCUT2D eigenvalue weighted by atomic mass is 19.1. The number of ketones is 1. The lowest BCUT2D eigenvalue weighted by atomic mass is 10.1. The van der Waals surface area contributed by atoms with Gasteiger partial charge >= 0.3 is 0 Å². The number of hydrogen-bond donors (Lipinski definition) is 0. The lowest BCUT2D eigenvalue weighted by molar-refractivity contribution is 0.104. The molecule has 28 heavy (non-hydrogen) atoms. The highest BCUT2D eigenvalue weighted by Gasteiger charge is 2.11. The Morgan fingerprint density at radius 2 is 1.75 bits per heavy atom. The molecule has 0 fully saturated rings. The summed E-state index contributed by atoms with van der Waals surface area (Å²) in [6, 6.07) is 19.0. The number of carbonyl (C=O) groups excluding carboxylic acids is 1. The van der Waals surface area contributed by atoms with E-state index in [0.29, 0.717) is 5.56 Å². The Morgan fingerprint density at radius 3 is 2.46 bits per heavy atom. The highest BCUT2D eigenvalue weighted by Crippen LogP contribution is 2.24. The quantitative estimate of drug-likeness (QED) is 0.369. The van der Waals surface area contributed by atoms with Crippen LogP contribution >= 0.6 is 0 Å². The molecule has 0 bridgehead atoms. The van der Waals surface area contributed by atoms with Gasteiger partial charge in [-0.05, 0) is 60.7 Å². The second kappa shape index (κ2) is 7.80. The number of para-hydroxylation sites is 1. The molecule has 0 amide bonds. The first-order valence-corrected chi connectivity index (χ1v) is 8.74. The summed E-state index contributed by atoms with van der Waals surface area (Å²) in [6.45, 7) is 0. The van der Waals surface area contributed by atoms with Crippen molar-refractivity contribution in [2.45, 2.75) is 0 Å². The molecule has 0 radical (unpaired) electrons. The Bertz CT molecular complexity index is 1120. The predicted molar refractivity (Wildman–Crippen MR) is 107 cm³/mol. The molecule has 136 valence electrons. The number of allylic oxidation sites excluding steroid dienone is 1. The summed E-state index contributed by atoms with van der Waals surface area (Å²) < 4.78 is 14.8. The van der Waals surface area contributed by atoms with Gasteiger partial charge in [0.1, 0.15) is 11.5 Å². The molecule has 0 aliphatic rings. The van der Waals surface area contributed by atoms with Crippen LogP contribution in [0.25, 0.3) is 23.0 Å². The molecular formula is C23H16FN3O. The molecule has 4 rings (SSSR count). The Kier molecular flexibility index (Phi) is 4.89. The fourth-order valence-electron chi connectivity index (χ4n) is 2.83. The first-order valence-electron chi connectivity index (χ1n) is 8.74. The summed E-state index contributed by atoms with van der Waals surface area (Å²) in [5, 5.41) is 4.68. The number of nitrogens with zero attached hydrogens (tertiary/aromatic N) is 3. The molecular weight excluding hydrogens is 353 g/mol. The van der Waals surface area contributed by atoms with E-state index in [1.54, 1.807) is 23.2 Å². The normalized spacial score (nSPS) is 11.0. The van der Waals surface area contributed by atoms with E-state index in [0.717, 1.165) is 22.5 Å². The first kappa shape index (κ1) is 17.5. The lowest BCUT2D eigenvalue weighted by Crippen LogP contribution is -1.94. The van der Waals surface area contributed by atoms with Crippen LogP contribution in [0.1, 0.15) is 15.9 Å². The van der Waals surface area contributed by atoms with Crippen LogP contribution < -0.4 is 0 Å². The molecule has 4 aromatic rings. The average molecular weight is 369 g/mol. The van der Waals surface area contributed by atoms with E-state index in [1.165, 1.54) is 30.3 Å². The van der Waals surface area contributed by atoms with E-state index in [1.807, 2.05) is 48.7 Å². The minimum atomic E-state index is -0.372. The van der Waals surface area contributed by atoms with Crippen LogP contribution in [0.3, 0.4) is 0 Å². The van der Waals surface area contributed by atoms with Gasteiger partial charge < -0.3 is 0 Å². The van der Waals surface area contributed by atoms with Gasteiger partial charge in [-0.15, -0.1) is 0 Å². The molecule has 0 N–H and O–H groups in total. The zero-order valence-corrected chi connectivity index (χ0v) is 14.9. The third kappa shape index (κ3) is 3.78. The Morgan fingerprint density at radius 1 is 0.964 bits per heavy atom. The monoisotopic (exact) mass is 369 g/mol. The molecule has 2 heterocycles. The summed E-state index contributed by atoms with van der Waals surface area (Å²) in [4.78, 5) is 16.6. The summed E-state index contributed by atoms with van der Waals surface area (Å²) in [6.07, 6.45) is 8.49. The average Bonchev–Trinajstić information content (AvgIpc) is 3.18. The van der Waals surface area contributed by atoms with E-state index >= 15 is 0 Å². The number of pyridine rings is 1. The van der Waals surface area contributed by atoms with Crippen molar-refractivity contribution in [1.29, 1.82) is 0 Å². The van der Waals surface area contributed by atoms with Gasteiger partial charge in [0.15, 0.2) is 5.78 Å². The number of aromatic nitrogens is 3. The number of halogens is 1. The predicted octanol–water partition coefficient (Wildman–Crippen LogP) is 4.97. The van der Waals surface area contributed by atoms with Crippen molar-refractivity contribution < 1.29 is 9.18 Å². The van der Waals surface area contributed by atoms with Crippen molar-refractivity contribution >= 4 is 11.9 Å². The highest BCUT2D eigenvalue weighted by molar-refractivity contribution is 6.07. The number of carbonyl (C=O) groups is 1. The van der Waals surface area contributed by atoms with Crippen LogP contribution in [0, 0.1) is 5.82 Å². The van der Waals surface area contributed by atoms with Crippen LogP contribution in [0.2, 0.25) is 0 Å². The summed E-state index contributed by atoms with van der Waals surface area (Å²) in [7, 11) is 0. The molecule has 0 spiro atoms. The summed E-state index contributed by atoms with van der Waals surface area (Å²) in [5.41, 5.74) is 3.70. The van der Waals surface area contributed by atoms with Crippen molar-refractivity contribution in [2.75, 3.05) is 0 Å². The SMILES string of the molecule is O=C(C=Cc1cn(-c2ccccc2)nc1-c1cccnc1)c1ccc(F)cc1. The van der Waals surface area contributed by atoms with Gasteiger partial charge in [0.25, 0.3) is 0 Å². The van der Waals surface area contributed by atoms with Gasteiger partial charge in [-0.2, -0.15) is 5.10 Å². The number of benzene rings is 2. The topological polar surface area (TPSA) is 47.8 Å². The van der Waals surface area contributed by atoms with Gasteiger partial charge in [-0.1, -0.05) is 18.2 Å². The number of hydrogen-bond acceptors (Lipinski definition) is 3. The van der Waals surface area contributed by atoms with E-state index in [-0.39, 0.29) is 11.6 Å².